The van der Waals surface area contributed by atoms with E-state index in [1.165, 1.54) is 103 Å². The third kappa shape index (κ3) is 23.6. The molecule has 0 N–H and O–H groups in total. The van der Waals surface area contributed by atoms with Gasteiger partial charge in [-0.05, 0) is 38.5 Å². The second-order valence-electron chi connectivity index (χ2n) is 7.79. The Morgan fingerprint density at radius 1 is 0.308 bits per heavy atom. The van der Waals surface area contributed by atoms with E-state index in [1.54, 1.807) is 0 Å². The molecule has 0 atom stereocenters. The Bertz CT molecular complexity index is 237. The highest BCUT2D eigenvalue weighted by molar-refractivity contribution is 4.81. The van der Waals surface area contributed by atoms with Gasteiger partial charge in [0.2, 0.25) is 0 Å². The van der Waals surface area contributed by atoms with Gasteiger partial charge in [-0.2, -0.15) is 0 Å². The monoisotopic (exact) mass is 372 g/mol. The number of alkyl halides is 2. The summed E-state index contributed by atoms with van der Waals surface area (Å²) in [5.41, 5.74) is 0. The number of allylic oxidation sites excluding steroid dienone is 2. The van der Waals surface area contributed by atoms with Gasteiger partial charge in [0.05, 0.1) is 13.3 Å². The molecule has 0 heterocycles. The van der Waals surface area contributed by atoms with Gasteiger partial charge in [-0.3, -0.25) is 8.78 Å². The Balaban J connectivity index is 3.04. The summed E-state index contributed by atoms with van der Waals surface area (Å²) in [6.07, 6.45) is 29.4. The van der Waals surface area contributed by atoms with E-state index >= 15 is 0 Å². The zero-order valence-corrected chi connectivity index (χ0v) is 17.5. The zero-order valence-electron chi connectivity index (χ0n) is 17.5. The molecule has 156 valence electrons. The second-order valence-corrected chi connectivity index (χ2v) is 7.79. The van der Waals surface area contributed by atoms with Gasteiger partial charge in [0.15, 0.2) is 0 Å². The quantitative estimate of drug-likeness (QED) is 0.131. The molecule has 0 saturated heterocycles. The van der Waals surface area contributed by atoms with Crippen molar-refractivity contribution in [1.29, 1.82) is 0 Å². The third-order valence-corrected chi connectivity index (χ3v) is 5.18. The van der Waals surface area contributed by atoms with Crippen molar-refractivity contribution in [2.75, 3.05) is 13.3 Å². The molecule has 0 aromatic carbocycles. The molecule has 0 unspecified atom stereocenters. The van der Waals surface area contributed by atoms with Gasteiger partial charge in [0.1, 0.15) is 0 Å². The highest BCUT2D eigenvalue weighted by Crippen LogP contribution is 2.12. The molecule has 0 bridgehead atoms. The fourth-order valence-electron chi connectivity index (χ4n) is 3.42. The number of halogens is 2. The first-order valence-corrected chi connectivity index (χ1v) is 11.7. The molecule has 0 aliphatic heterocycles. The second kappa shape index (κ2) is 24.6. The number of unbranched alkanes of at least 4 members (excludes halogenated alkanes) is 18. The van der Waals surface area contributed by atoms with Gasteiger partial charge in [-0.25, -0.2) is 0 Å². The summed E-state index contributed by atoms with van der Waals surface area (Å²) in [7, 11) is 0. The first kappa shape index (κ1) is 25.6. The van der Waals surface area contributed by atoms with Crippen molar-refractivity contribution in [3.05, 3.63) is 12.2 Å². The van der Waals surface area contributed by atoms with Crippen molar-refractivity contribution in [1.82, 2.24) is 0 Å². The maximum atomic E-state index is 11.9. The average Bonchev–Trinajstić information content (AvgIpc) is 2.66. The molecule has 0 nitrogen and oxygen atoms in total. The minimum Gasteiger partial charge on any atom is -0.251 e. The maximum Gasteiger partial charge on any atom is 0.0894 e. The van der Waals surface area contributed by atoms with Crippen LogP contribution in [0.1, 0.15) is 128 Å². The molecule has 26 heavy (non-hydrogen) atoms. The lowest BCUT2D eigenvalue weighted by atomic mass is 10.1. The van der Waals surface area contributed by atoms with Crippen LogP contribution in [-0.2, 0) is 0 Å². The van der Waals surface area contributed by atoms with Crippen LogP contribution in [0.5, 0.6) is 0 Å². The van der Waals surface area contributed by atoms with Crippen molar-refractivity contribution in [2.45, 2.75) is 128 Å². The van der Waals surface area contributed by atoms with Crippen LogP contribution in [0.4, 0.5) is 8.78 Å². The van der Waals surface area contributed by atoms with Crippen LogP contribution in [0.15, 0.2) is 12.2 Å². The third-order valence-electron chi connectivity index (χ3n) is 5.18. The number of hydrogen-bond acceptors (Lipinski definition) is 0. The van der Waals surface area contributed by atoms with Gasteiger partial charge >= 0.3 is 0 Å². The van der Waals surface area contributed by atoms with E-state index in [1.807, 2.05) is 0 Å². The zero-order chi connectivity index (χ0) is 19.0. The molecule has 0 spiro atoms. The van der Waals surface area contributed by atoms with E-state index in [0.717, 1.165) is 25.7 Å². The van der Waals surface area contributed by atoms with E-state index in [2.05, 4.69) is 12.2 Å². The van der Waals surface area contributed by atoms with Crippen molar-refractivity contribution in [2.24, 2.45) is 0 Å². The van der Waals surface area contributed by atoms with Crippen LogP contribution in [0.3, 0.4) is 0 Å². The number of hydrogen-bond donors (Lipinski definition) is 0. The van der Waals surface area contributed by atoms with Crippen molar-refractivity contribution in [3.63, 3.8) is 0 Å². The minimum absolute atomic E-state index is 0.142. The molecule has 0 aliphatic rings. The largest absolute Gasteiger partial charge is 0.251 e. The molecule has 2 heteroatoms. The Morgan fingerprint density at radius 2 is 0.538 bits per heavy atom. The topological polar surface area (TPSA) is 0 Å². The first-order chi connectivity index (χ1) is 12.9. The van der Waals surface area contributed by atoms with E-state index < -0.39 is 0 Å². The Morgan fingerprint density at radius 3 is 0.808 bits per heavy atom. The lowest BCUT2D eigenvalue weighted by molar-refractivity contribution is 0.449. The average molecular weight is 373 g/mol. The number of rotatable bonds is 22. The predicted octanol–water partition coefficient (Wildman–Crippen LogP) is 9.28. The van der Waals surface area contributed by atoms with Crippen molar-refractivity contribution < 1.29 is 8.78 Å². The fraction of sp³-hybridized carbons (Fsp3) is 0.917. The molecule has 0 amide bonds. The summed E-state index contributed by atoms with van der Waals surface area (Å²) >= 11 is 0. The minimum atomic E-state index is -0.142. The lowest BCUT2D eigenvalue weighted by Gasteiger charge is -2.01. The summed E-state index contributed by atoms with van der Waals surface area (Å²) in [4.78, 5) is 0. The van der Waals surface area contributed by atoms with Crippen molar-refractivity contribution in [3.8, 4) is 0 Å². The molecule has 0 radical (unpaired) electrons. The Kier molecular flexibility index (Phi) is 24.2. The van der Waals surface area contributed by atoms with Gasteiger partial charge in [0.25, 0.3) is 0 Å². The summed E-state index contributed by atoms with van der Waals surface area (Å²) < 4.78 is 23.9. The van der Waals surface area contributed by atoms with Crippen LogP contribution in [0, 0.1) is 0 Å². The summed E-state index contributed by atoms with van der Waals surface area (Å²) in [6, 6.07) is 0. The maximum absolute atomic E-state index is 11.9. The molecule has 0 aromatic rings. The molecule has 0 aliphatic carbocycles. The van der Waals surface area contributed by atoms with Crippen LogP contribution in [0.2, 0.25) is 0 Å². The fourth-order valence-corrected chi connectivity index (χ4v) is 3.42. The molecular weight excluding hydrogens is 326 g/mol. The van der Waals surface area contributed by atoms with Crippen LogP contribution >= 0.6 is 0 Å². The first-order valence-electron chi connectivity index (χ1n) is 11.7. The van der Waals surface area contributed by atoms with E-state index in [0.29, 0.717) is 0 Å². The normalized spacial score (nSPS) is 11.6. The van der Waals surface area contributed by atoms with E-state index in [9.17, 15) is 8.78 Å². The summed E-state index contributed by atoms with van der Waals surface area (Å²) in [5.74, 6) is 0. The molecule has 0 fully saturated rings. The molecule has 0 saturated carbocycles. The van der Waals surface area contributed by atoms with Crippen LogP contribution in [0.25, 0.3) is 0 Å². The lowest BCUT2D eigenvalue weighted by Crippen LogP contribution is -1.83. The summed E-state index contributed by atoms with van der Waals surface area (Å²) in [6.45, 7) is -0.284. The predicted molar refractivity (Wildman–Crippen MR) is 113 cm³/mol. The standard InChI is InChI=1S/C24H46F2/c25-23-21-19-17-15-13-11-9-7-5-3-1-2-4-6-8-10-12-14-16-18-20-22-24-26/h1-2H,3-24H2. The Labute approximate surface area is 163 Å². The smallest absolute Gasteiger partial charge is 0.0894 e. The van der Waals surface area contributed by atoms with Crippen LogP contribution in [-0.4, -0.2) is 13.3 Å². The van der Waals surface area contributed by atoms with E-state index in [4.69, 9.17) is 0 Å². The SMILES string of the molecule is FCCCCCCCCCCCC=CCCCCCCCCCCCF. The van der Waals surface area contributed by atoms with Gasteiger partial charge in [-0.15, -0.1) is 0 Å². The molecule has 0 aromatic heterocycles. The van der Waals surface area contributed by atoms with Gasteiger partial charge in [0, 0.05) is 0 Å². The molecule has 0 rings (SSSR count). The van der Waals surface area contributed by atoms with Crippen molar-refractivity contribution >= 4 is 0 Å². The van der Waals surface area contributed by atoms with Gasteiger partial charge in [-0.1, -0.05) is 102 Å². The Hall–Kier alpha value is -0.400. The van der Waals surface area contributed by atoms with E-state index in [-0.39, 0.29) is 13.3 Å². The van der Waals surface area contributed by atoms with Crippen LogP contribution < -0.4 is 0 Å². The highest BCUT2D eigenvalue weighted by Gasteiger charge is 1.93. The highest BCUT2D eigenvalue weighted by atomic mass is 19.1. The summed E-state index contributed by atoms with van der Waals surface area (Å²) in [5, 5.41) is 0. The van der Waals surface area contributed by atoms with Gasteiger partial charge < -0.3 is 0 Å². The molecular formula is C24H46F2.